The molecule has 0 aliphatic heterocycles. The normalized spacial score (nSPS) is 15.9. The molecule has 9 nitrogen and oxygen atoms in total. The summed E-state index contributed by atoms with van der Waals surface area (Å²) >= 11 is 0. The Morgan fingerprint density at radius 2 is 1.41 bits per heavy atom. The molecule has 1 aliphatic carbocycles. The lowest BCUT2D eigenvalue weighted by atomic mass is 9.83. The maximum Gasteiger partial charge on any atom is 0.408 e. The van der Waals surface area contributed by atoms with Gasteiger partial charge in [0.2, 0.25) is 0 Å². The van der Waals surface area contributed by atoms with Gasteiger partial charge in [0.15, 0.2) is 5.60 Å². The number of carbonyl (C=O) groups excluding carboxylic acids is 4. The lowest BCUT2D eigenvalue weighted by Crippen LogP contribution is -2.58. The van der Waals surface area contributed by atoms with E-state index in [2.05, 4.69) is 10.6 Å². The third-order valence-electron chi connectivity index (χ3n) is 6.85. The standard InChI is InChI=1S/C30H38N2O7/c1-21(2)25(32-29(36)38-20-23-15-9-5-10-16-23)27(34)39-30(17-11-6-12-18-30)28(35)31-24(26(33)37-3)19-22-13-7-4-8-14-22/h4-5,7-10,13-16,21,24-25H,6,11-12,17-20H2,1-3H3,(H,31,35)(H,32,36)/t24-,25-/m0/s1. The van der Waals surface area contributed by atoms with Gasteiger partial charge in [-0.1, -0.05) is 80.9 Å². The predicted octanol–water partition coefficient (Wildman–Crippen LogP) is 4.08. The Hall–Kier alpha value is -3.88. The maximum atomic E-state index is 13.6. The van der Waals surface area contributed by atoms with Crippen LogP contribution in [-0.2, 0) is 41.6 Å². The van der Waals surface area contributed by atoms with Crippen LogP contribution in [0.5, 0.6) is 0 Å². The van der Waals surface area contributed by atoms with Crippen molar-refractivity contribution in [2.24, 2.45) is 5.92 Å². The highest BCUT2D eigenvalue weighted by atomic mass is 16.6. The summed E-state index contributed by atoms with van der Waals surface area (Å²) in [5, 5.41) is 5.37. The van der Waals surface area contributed by atoms with Gasteiger partial charge in [-0.15, -0.1) is 0 Å². The zero-order chi connectivity index (χ0) is 28.3. The Balaban J connectivity index is 1.71. The summed E-state index contributed by atoms with van der Waals surface area (Å²) in [7, 11) is 1.26. The second-order valence-electron chi connectivity index (χ2n) is 10.1. The van der Waals surface area contributed by atoms with Crippen LogP contribution in [0.15, 0.2) is 60.7 Å². The van der Waals surface area contributed by atoms with Crippen LogP contribution < -0.4 is 10.6 Å². The second kappa shape index (κ2) is 14.3. The van der Waals surface area contributed by atoms with E-state index in [1.807, 2.05) is 60.7 Å². The van der Waals surface area contributed by atoms with E-state index in [0.29, 0.717) is 25.7 Å². The third-order valence-corrected chi connectivity index (χ3v) is 6.85. The molecule has 0 bridgehead atoms. The molecule has 210 valence electrons. The van der Waals surface area contributed by atoms with E-state index >= 15 is 0 Å². The molecule has 2 aromatic rings. The number of rotatable bonds is 11. The van der Waals surface area contributed by atoms with E-state index in [9.17, 15) is 19.2 Å². The number of hydrogen-bond acceptors (Lipinski definition) is 7. The molecular formula is C30H38N2O7. The van der Waals surface area contributed by atoms with Gasteiger partial charge in [-0.3, -0.25) is 4.79 Å². The number of hydrogen-bond donors (Lipinski definition) is 2. The van der Waals surface area contributed by atoms with Gasteiger partial charge >= 0.3 is 18.0 Å². The van der Waals surface area contributed by atoms with Crippen molar-refractivity contribution in [1.29, 1.82) is 0 Å². The van der Waals surface area contributed by atoms with Gasteiger partial charge in [0, 0.05) is 6.42 Å². The number of amides is 2. The fraction of sp³-hybridized carbons (Fsp3) is 0.467. The van der Waals surface area contributed by atoms with Crippen molar-refractivity contribution in [2.45, 2.75) is 76.7 Å². The van der Waals surface area contributed by atoms with Crippen LogP contribution in [0.25, 0.3) is 0 Å². The molecule has 0 heterocycles. The summed E-state index contributed by atoms with van der Waals surface area (Å²) in [4.78, 5) is 52.1. The van der Waals surface area contributed by atoms with Crippen LogP contribution in [0.3, 0.4) is 0 Å². The highest BCUT2D eigenvalue weighted by Gasteiger charge is 2.46. The molecule has 2 N–H and O–H groups in total. The van der Waals surface area contributed by atoms with Crippen LogP contribution in [0.2, 0.25) is 0 Å². The summed E-state index contributed by atoms with van der Waals surface area (Å²) in [5.74, 6) is -2.19. The number of esters is 2. The molecule has 2 atom stereocenters. The molecule has 1 aliphatic rings. The van der Waals surface area contributed by atoms with Gasteiger partial charge in [0.05, 0.1) is 7.11 Å². The SMILES string of the molecule is COC(=O)[C@H](Cc1ccccc1)NC(=O)C1(OC(=O)[C@@H](NC(=O)OCc2ccccc2)C(C)C)CCCCC1. The van der Waals surface area contributed by atoms with E-state index in [4.69, 9.17) is 14.2 Å². The van der Waals surface area contributed by atoms with Crippen molar-refractivity contribution < 1.29 is 33.4 Å². The number of benzene rings is 2. The van der Waals surface area contributed by atoms with Crippen molar-refractivity contribution >= 4 is 23.9 Å². The van der Waals surface area contributed by atoms with Crippen LogP contribution in [-0.4, -0.2) is 48.7 Å². The Morgan fingerprint density at radius 3 is 1.97 bits per heavy atom. The van der Waals surface area contributed by atoms with E-state index in [1.165, 1.54) is 7.11 Å². The first-order chi connectivity index (χ1) is 18.7. The van der Waals surface area contributed by atoms with Gasteiger partial charge in [-0.05, 0) is 42.7 Å². The Kier molecular flexibility index (Phi) is 10.9. The summed E-state index contributed by atoms with van der Waals surface area (Å²) in [6.45, 7) is 3.59. The molecule has 2 amide bonds. The third kappa shape index (κ3) is 8.56. The summed E-state index contributed by atoms with van der Waals surface area (Å²) in [5.41, 5.74) is 0.201. The van der Waals surface area contributed by atoms with E-state index in [1.54, 1.807) is 13.8 Å². The Labute approximate surface area is 229 Å². The average molecular weight is 539 g/mol. The fourth-order valence-corrected chi connectivity index (χ4v) is 4.62. The van der Waals surface area contributed by atoms with Gasteiger partial charge in [0.25, 0.3) is 5.91 Å². The van der Waals surface area contributed by atoms with Crippen molar-refractivity contribution in [2.75, 3.05) is 7.11 Å². The fourth-order valence-electron chi connectivity index (χ4n) is 4.62. The molecule has 1 fully saturated rings. The smallest absolute Gasteiger partial charge is 0.408 e. The first-order valence-electron chi connectivity index (χ1n) is 13.4. The minimum absolute atomic E-state index is 0.0508. The molecule has 0 aromatic heterocycles. The summed E-state index contributed by atoms with van der Waals surface area (Å²) < 4.78 is 16.1. The lowest BCUT2D eigenvalue weighted by molar-refractivity contribution is -0.176. The maximum absolute atomic E-state index is 13.6. The van der Waals surface area contributed by atoms with E-state index in [-0.39, 0.29) is 18.9 Å². The number of carbonyl (C=O) groups is 4. The molecule has 0 spiro atoms. The average Bonchev–Trinajstić information content (AvgIpc) is 2.95. The van der Waals surface area contributed by atoms with Crippen LogP contribution in [0, 0.1) is 5.92 Å². The van der Waals surface area contributed by atoms with Gasteiger partial charge in [-0.25, -0.2) is 14.4 Å². The zero-order valence-corrected chi connectivity index (χ0v) is 22.8. The van der Waals surface area contributed by atoms with Gasteiger partial charge in [0.1, 0.15) is 18.7 Å². The molecule has 0 radical (unpaired) electrons. The minimum Gasteiger partial charge on any atom is -0.467 e. The quantitative estimate of drug-likeness (QED) is 0.327. The van der Waals surface area contributed by atoms with E-state index in [0.717, 1.165) is 17.5 Å². The monoisotopic (exact) mass is 538 g/mol. The van der Waals surface area contributed by atoms with Crippen molar-refractivity contribution in [3.63, 3.8) is 0 Å². The van der Waals surface area contributed by atoms with Crippen LogP contribution >= 0.6 is 0 Å². The highest BCUT2D eigenvalue weighted by molar-refractivity contribution is 5.92. The summed E-state index contributed by atoms with van der Waals surface area (Å²) in [6.07, 6.45) is 2.36. The lowest BCUT2D eigenvalue weighted by Gasteiger charge is -2.37. The molecule has 1 saturated carbocycles. The zero-order valence-electron chi connectivity index (χ0n) is 22.8. The van der Waals surface area contributed by atoms with Gasteiger partial charge in [-0.2, -0.15) is 0 Å². The Bertz CT molecular complexity index is 1100. The largest absolute Gasteiger partial charge is 0.467 e. The van der Waals surface area contributed by atoms with Crippen LogP contribution in [0.4, 0.5) is 4.79 Å². The molecule has 39 heavy (non-hydrogen) atoms. The van der Waals surface area contributed by atoms with E-state index < -0.39 is 41.6 Å². The van der Waals surface area contributed by atoms with Crippen molar-refractivity contribution in [3.05, 3.63) is 71.8 Å². The van der Waals surface area contributed by atoms with Crippen LogP contribution in [0.1, 0.15) is 57.1 Å². The highest BCUT2D eigenvalue weighted by Crippen LogP contribution is 2.33. The molecule has 0 saturated heterocycles. The molecule has 3 rings (SSSR count). The first-order valence-corrected chi connectivity index (χ1v) is 13.4. The molecular weight excluding hydrogens is 500 g/mol. The number of ether oxygens (including phenoxy) is 3. The van der Waals surface area contributed by atoms with Crippen molar-refractivity contribution in [1.82, 2.24) is 10.6 Å². The minimum atomic E-state index is -1.46. The molecule has 9 heteroatoms. The second-order valence-corrected chi connectivity index (χ2v) is 10.1. The predicted molar refractivity (Wildman–Crippen MR) is 144 cm³/mol. The van der Waals surface area contributed by atoms with Gasteiger partial charge < -0.3 is 24.8 Å². The number of nitrogens with one attached hydrogen (secondary N) is 2. The molecule has 0 unspecified atom stereocenters. The number of methoxy groups -OCH3 is 1. The number of alkyl carbamates (subject to hydrolysis) is 1. The summed E-state index contributed by atoms with van der Waals surface area (Å²) in [6, 6.07) is 16.5. The first kappa shape index (κ1) is 29.7. The Morgan fingerprint density at radius 1 is 0.821 bits per heavy atom. The molecule has 2 aromatic carbocycles. The topological polar surface area (TPSA) is 120 Å². The van der Waals surface area contributed by atoms with Crippen molar-refractivity contribution in [3.8, 4) is 0 Å².